The Morgan fingerprint density at radius 3 is 3.00 bits per heavy atom. The highest BCUT2D eigenvalue weighted by Gasteiger charge is 2.06. The molecule has 0 aromatic carbocycles. The number of aromatic nitrogens is 1. The number of pyridine rings is 1. The minimum absolute atomic E-state index is 0.0194. The Bertz CT molecular complexity index is 373. The van der Waals surface area contributed by atoms with Gasteiger partial charge in [-0.25, -0.2) is 9.37 Å². The number of nitrogens with zero attached hydrogens (tertiary/aromatic N) is 1. The van der Waals surface area contributed by atoms with Crippen LogP contribution in [0.2, 0.25) is 0 Å². The van der Waals surface area contributed by atoms with E-state index < -0.39 is 5.82 Å². The normalized spacial score (nSPS) is 9.94. The summed E-state index contributed by atoms with van der Waals surface area (Å²) in [7, 11) is 0. The van der Waals surface area contributed by atoms with Crippen molar-refractivity contribution in [2.24, 2.45) is 0 Å². The van der Waals surface area contributed by atoms with Gasteiger partial charge in [0.1, 0.15) is 0 Å². The summed E-state index contributed by atoms with van der Waals surface area (Å²) in [4.78, 5) is 15.0. The second kappa shape index (κ2) is 6.42. The highest BCUT2D eigenvalue weighted by Crippen LogP contribution is 2.15. The Balaban J connectivity index is 2.45. The third kappa shape index (κ3) is 4.14. The van der Waals surface area contributed by atoms with Crippen molar-refractivity contribution in [3.05, 3.63) is 22.6 Å². The molecule has 0 fully saturated rings. The third-order valence-corrected chi connectivity index (χ3v) is 2.23. The van der Waals surface area contributed by atoms with Crippen LogP contribution in [0, 0.1) is 5.82 Å². The number of amides is 1. The highest BCUT2D eigenvalue weighted by atomic mass is 79.9. The summed E-state index contributed by atoms with van der Waals surface area (Å²) in [6, 6.07) is 1.29. The van der Waals surface area contributed by atoms with E-state index >= 15 is 0 Å². The summed E-state index contributed by atoms with van der Waals surface area (Å²) in [5.74, 6) is -0.585. The van der Waals surface area contributed by atoms with E-state index in [1.165, 1.54) is 12.3 Å². The predicted molar refractivity (Wildman–Crippen MR) is 63.7 cm³/mol. The van der Waals surface area contributed by atoms with Gasteiger partial charge in [0, 0.05) is 17.2 Å². The number of rotatable bonds is 5. The van der Waals surface area contributed by atoms with E-state index in [-0.39, 0.29) is 18.3 Å². The van der Waals surface area contributed by atoms with Crippen LogP contribution in [-0.4, -0.2) is 24.0 Å². The fourth-order valence-corrected chi connectivity index (χ4v) is 1.34. The molecule has 0 saturated heterocycles. The minimum atomic E-state index is -0.488. The number of hydrogen-bond acceptors (Lipinski definition) is 3. The van der Waals surface area contributed by atoms with Crippen molar-refractivity contribution in [2.45, 2.75) is 13.3 Å². The molecule has 1 aromatic heterocycles. The maximum Gasteiger partial charge on any atom is 0.239 e. The lowest BCUT2D eigenvalue weighted by Crippen LogP contribution is -2.30. The first kappa shape index (κ1) is 12.9. The lowest BCUT2D eigenvalue weighted by Gasteiger charge is -2.07. The van der Waals surface area contributed by atoms with Crippen LogP contribution in [0.4, 0.5) is 10.2 Å². The molecule has 16 heavy (non-hydrogen) atoms. The van der Waals surface area contributed by atoms with Crippen LogP contribution >= 0.6 is 15.9 Å². The summed E-state index contributed by atoms with van der Waals surface area (Å²) in [6.45, 7) is 2.60. The lowest BCUT2D eigenvalue weighted by molar-refractivity contribution is -0.119. The standard InChI is InChI=1S/C10H13BrFN3O/c1-2-3-13-9(16)6-15-10-8(12)4-7(11)5-14-10/h4-5H,2-3,6H2,1H3,(H,13,16)(H,14,15). The molecule has 6 heteroatoms. The van der Waals surface area contributed by atoms with E-state index in [1.54, 1.807) is 0 Å². The van der Waals surface area contributed by atoms with Crippen LogP contribution in [0.15, 0.2) is 16.7 Å². The number of hydrogen-bond donors (Lipinski definition) is 2. The van der Waals surface area contributed by atoms with Crippen molar-refractivity contribution in [1.29, 1.82) is 0 Å². The smallest absolute Gasteiger partial charge is 0.239 e. The molecule has 0 saturated carbocycles. The van der Waals surface area contributed by atoms with Crippen LogP contribution in [0.3, 0.4) is 0 Å². The molecule has 1 aromatic rings. The molecule has 0 aliphatic carbocycles. The summed E-state index contributed by atoms with van der Waals surface area (Å²) in [5.41, 5.74) is 0. The molecule has 0 radical (unpaired) electrons. The number of anilines is 1. The zero-order valence-corrected chi connectivity index (χ0v) is 10.5. The fourth-order valence-electron chi connectivity index (χ4n) is 1.04. The van der Waals surface area contributed by atoms with E-state index in [0.717, 1.165) is 6.42 Å². The molecule has 0 spiro atoms. The Hall–Kier alpha value is -1.17. The first-order valence-corrected chi connectivity index (χ1v) is 5.74. The molecule has 0 atom stereocenters. The Kier molecular flexibility index (Phi) is 5.18. The summed E-state index contributed by atoms with van der Waals surface area (Å²) < 4.78 is 13.8. The molecule has 2 N–H and O–H groups in total. The van der Waals surface area contributed by atoms with E-state index in [0.29, 0.717) is 11.0 Å². The molecule has 0 bridgehead atoms. The molecular formula is C10H13BrFN3O. The molecule has 0 unspecified atom stereocenters. The monoisotopic (exact) mass is 289 g/mol. The summed E-state index contributed by atoms with van der Waals surface area (Å²) >= 11 is 3.10. The van der Waals surface area contributed by atoms with Gasteiger partial charge in [-0.2, -0.15) is 0 Å². The SMILES string of the molecule is CCCNC(=O)CNc1ncc(Br)cc1F. The first-order chi connectivity index (χ1) is 7.63. The minimum Gasteiger partial charge on any atom is -0.359 e. The zero-order valence-electron chi connectivity index (χ0n) is 8.89. The largest absolute Gasteiger partial charge is 0.359 e. The van der Waals surface area contributed by atoms with Crippen molar-refractivity contribution in [3.8, 4) is 0 Å². The van der Waals surface area contributed by atoms with Gasteiger partial charge in [0.2, 0.25) is 5.91 Å². The fraction of sp³-hybridized carbons (Fsp3) is 0.400. The van der Waals surface area contributed by atoms with Gasteiger partial charge >= 0.3 is 0 Å². The summed E-state index contributed by atoms with van der Waals surface area (Å²) in [6.07, 6.45) is 2.34. The Labute approximate surface area is 102 Å². The second-order valence-corrected chi connectivity index (χ2v) is 4.10. The maximum absolute atomic E-state index is 13.3. The van der Waals surface area contributed by atoms with E-state index in [9.17, 15) is 9.18 Å². The molecule has 1 amide bonds. The molecule has 88 valence electrons. The second-order valence-electron chi connectivity index (χ2n) is 3.19. The lowest BCUT2D eigenvalue weighted by atomic mass is 10.4. The first-order valence-electron chi connectivity index (χ1n) is 4.95. The van der Waals surface area contributed by atoms with Crippen molar-refractivity contribution in [1.82, 2.24) is 10.3 Å². The predicted octanol–water partition coefficient (Wildman–Crippen LogP) is 1.92. The van der Waals surface area contributed by atoms with Crippen LogP contribution in [-0.2, 0) is 4.79 Å². The van der Waals surface area contributed by atoms with Gasteiger partial charge in [-0.15, -0.1) is 0 Å². The molecular weight excluding hydrogens is 277 g/mol. The van der Waals surface area contributed by atoms with Crippen molar-refractivity contribution in [3.63, 3.8) is 0 Å². The van der Waals surface area contributed by atoms with Gasteiger partial charge in [-0.1, -0.05) is 6.92 Å². The number of halogens is 2. The van der Waals surface area contributed by atoms with E-state index in [1.807, 2.05) is 6.92 Å². The Morgan fingerprint density at radius 1 is 1.62 bits per heavy atom. The van der Waals surface area contributed by atoms with Gasteiger partial charge in [0.25, 0.3) is 0 Å². The average Bonchev–Trinajstić information content (AvgIpc) is 2.25. The van der Waals surface area contributed by atoms with Gasteiger partial charge in [-0.3, -0.25) is 4.79 Å². The van der Waals surface area contributed by atoms with Gasteiger partial charge < -0.3 is 10.6 Å². The van der Waals surface area contributed by atoms with Gasteiger partial charge in [-0.05, 0) is 28.4 Å². The summed E-state index contributed by atoms with van der Waals surface area (Å²) in [5, 5.41) is 5.30. The quantitative estimate of drug-likeness (QED) is 0.871. The molecule has 1 rings (SSSR count). The van der Waals surface area contributed by atoms with Crippen LogP contribution in [0.25, 0.3) is 0 Å². The Morgan fingerprint density at radius 2 is 2.38 bits per heavy atom. The van der Waals surface area contributed by atoms with Crippen molar-refractivity contribution >= 4 is 27.7 Å². The van der Waals surface area contributed by atoms with Gasteiger partial charge in [0.05, 0.1) is 6.54 Å². The highest BCUT2D eigenvalue weighted by molar-refractivity contribution is 9.10. The molecule has 1 heterocycles. The van der Waals surface area contributed by atoms with Crippen molar-refractivity contribution in [2.75, 3.05) is 18.4 Å². The van der Waals surface area contributed by atoms with E-state index in [2.05, 4.69) is 31.5 Å². The molecule has 0 aliphatic rings. The molecule has 4 nitrogen and oxygen atoms in total. The third-order valence-electron chi connectivity index (χ3n) is 1.80. The molecule has 0 aliphatic heterocycles. The average molecular weight is 290 g/mol. The van der Waals surface area contributed by atoms with Crippen LogP contribution < -0.4 is 10.6 Å². The van der Waals surface area contributed by atoms with Crippen LogP contribution in [0.5, 0.6) is 0 Å². The topological polar surface area (TPSA) is 54.0 Å². The van der Waals surface area contributed by atoms with E-state index in [4.69, 9.17) is 0 Å². The number of nitrogens with one attached hydrogen (secondary N) is 2. The maximum atomic E-state index is 13.3. The number of carbonyl (C=O) groups is 1. The zero-order chi connectivity index (χ0) is 12.0. The van der Waals surface area contributed by atoms with Crippen LogP contribution in [0.1, 0.15) is 13.3 Å². The number of carbonyl (C=O) groups excluding carboxylic acids is 1. The van der Waals surface area contributed by atoms with Crippen molar-refractivity contribution < 1.29 is 9.18 Å². The van der Waals surface area contributed by atoms with Gasteiger partial charge in [0.15, 0.2) is 11.6 Å².